The molecule has 1 aliphatic rings. The quantitative estimate of drug-likeness (QED) is 0.690. The van der Waals surface area contributed by atoms with Gasteiger partial charge in [-0.15, -0.1) is 0 Å². The average Bonchev–Trinajstić information content (AvgIpc) is 2.77. The molecule has 0 aromatic heterocycles. The van der Waals surface area contributed by atoms with Crippen LogP contribution in [0, 0.1) is 17.7 Å². The van der Waals surface area contributed by atoms with Crippen LogP contribution in [-0.2, 0) is 14.8 Å². The van der Waals surface area contributed by atoms with Gasteiger partial charge in [-0.2, -0.15) is 4.31 Å². The molecule has 7 heteroatoms. The third-order valence-corrected chi connectivity index (χ3v) is 7.18. The predicted octanol–water partition coefficient (Wildman–Crippen LogP) is 4.35. The van der Waals surface area contributed by atoms with E-state index in [4.69, 9.17) is 0 Å². The molecule has 0 spiro atoms. The summed E-state index contributed by atoms with van der Waals surface area (Å²) in [5.74, 6) is -0.503. The highest BCUT2D eigenvalue weighted by atomic mass is 32.2. The Morgan fingerprint density at radius 2 is 1.68 bits per heavy atom. The van der Waals surface area contributed by atoms with Gasteiger partial charge in [0.05, 0.1) is 6.04 Å². The van der Waals surface area contributed by atoms with Gasteiger partial charge in [-0.05, 0) is 48.1 Å². The number of carbonyl (C=O) groups excluding carboxylic acids is 1. The Labute approximate surface area is 184 Å². The molecule has 0 aliphatic carbocycles. The molecular formula is C24H29FN2O3S. The number of nitrogens with one attached hydrogen (secondary N) is 1. The summed E-state index contributed by atoms with van der Waals surface area (Å²) >= 11 is 0. The minimum atomic E-state index is -3.53. The van der Waals surface area contributed by atoms with E-state index in [0.29, 0.717) is 25.9 Å². The molecule has 31 heavy (non-hydrogen) atoms. The van der Waals surface area contributed by atoms with Gasteiger partial charge >= 0.3 is 0 Å². The monoisotopic (exact) mass is 444 g/mol. The Balaban J connectivity index is 1.58. The molecule has 1 atom stereocenters. The fourth-order valence-corrected chi connectivity index (χ4v) is 4.98. The SMILES string of the molecule is CC(C)C(NC(=O)C1CCN(S(=O)(=O)C=Cc2ccccc2)CC1)c1ccc(F)cc1. The van der Waals surface area contributed by atoms with Crippen LogP contribution in [-0.4, -0.2) is 31.7 Å². The molecule has 1 aliphatic heterocycles. The predicted molar refractivity (Wildman–Crippen MR) is 121 cm³/mol. The third kappa shape index (κ3) is 6.24. The van der Waals surface area contributed by atoms with Gasteiger partial charge in [0.25, 0.3) is 0 Å². The minimum Gasteiger partial charge on any atom is -0.349 e. The number of carbonyl (C=O) groups is 1. The first-order chi connectivity index (χ1) is 14.8. The first-order valence-corrected chi connectivity index (χ1v) is 12.1. The molecule has 1 N–H and O–H groups in total. The summed E-state index contributed by atoms with van der Waals surface area (Å²) in [7, 11) is -3.53. The second-order valence-corrected chi connectivity index (χ2v) is 10.0. The van der Waals surface area contributed by atoms with Gasteiger partial charge in [-0.25, -0.2) is 12.8 Å². The van der Waals surface area contributed by atoms with E-state index in [9.17, 15) is 17.6 Å². The van der Waals surface area contributed by atoms with Crippen molar-refractivity contribution in [3.8, 4) is 0 Å². The molecule has 1 unspecified atom stereocenters. The van der Waals surface area contributed by atoms with Gasteiger partial charge in [-0.3, -0.25) is 4.79 Å². The molecule has 0 radical (unpaired) electrons. The number of hydrogen-bond donors (Lipinski definition) is 1. The van der Waals surface area contributed by atoms with Crippen molar-refractivity contribution in [2.75, 3.05) is 13.1 Å². The first-order valence-electron chi connectivity index (χ1n) is 10.6. The summed E-state index contributed by atoms with van der Waals surface area (Å²) in [6.45, 7) is 4.62. The largest absolute Gasteiger partial charge is 0.349 e. The minimum absolute atomic E-state index is 0.0834. The molecule has 2 aromatic rings. The number of halogens is 1. The Morgan fingerprint density at radius 3 is 2.26 bits per heavy atom. The summed E-state index contributed by atoms with van der Waals surface area (Å²) in [4.78, 5) is 12.9. The van der Waals surface area contributed by atoms with Gasteiger partial charge in [0.1, 0.15) is 5.82 Å². The van der Waals surface area contributed by atoms with Gasteiger partial charge in [0.15, 0.2) is 0 Å². The number of nitrogens with zero attached hydrogens (tertiary/aromatic N) is 1. The van der Waals surface area contributed by atoms with Crippen molar-refractivity contribution in [2.45, 2.75) is 32.7 Å². The zero-order chi connectivity index (χ0) is 22.4. The van der Waals surface area contributed by atoms with E-state index in [1.54, 1.807) is 18.2 Å². The first kappa shape index (κ1) is 23.2. The van der Waals surface area contributed by atoms with Crippen molar-refractivity contribution >= 4 is 22.0 Å². The van der Waals surface area contributed by atoms with E-state index in [2.05, 4.69) is 5.32 Å². The maximum atomic E-state index is 13.2. The number of rotatable bonds is 7. The zero-order valence-corrected chi connectivity index (χ0v) is 18.7. The molecule has 1 amide bonds. The molecular weight excluding hydrogens is 415 g/mol. The highest BCUT2D eigenvalue weighted by Gasteiger charge is 2.31. The van der Waals surface area contributed by atoms with Gasteiger partial charge < -0.3 is 5.32 Å². The van der Waals surface area contributed by atoms with Crippen LogP contribution in [0.1, 0.15) is 43.9 Å². The fourth-order valence-electron chi connectivity index (χ4n) is 3.76. The van der Waals surface area contributed by atoms with Crippen LogP contribution in [0.4, 0.5) is 4.39 Å². The lowest BCUT2D eigenvalue weighted by atomic mass is 9.92. The highest BCUT2D eigenvalue weighted by molar-refractivity contribution is 7.92. The zero-order valence-electron chi connectivity index (χ0n) is 17.9. The lowest BCUT2D eigenvalue weighted by Crippen LogP contribution is -2.43. The van der Waals surface area contributed by atoms with E-state index in [1.165, 1.54) is 21.8 Å². The summed E-state index contributed by atoms with van der Waals surface area (Å²) < 4.78 is 39.9. The van der Waals surface area contributed by atoms with Crippen molar-refractivity contribution < 1.29 is 17.6 Å². The lowest BCUT2D eigenvalue weighted by molar-refractivity contribution is -0.127. The van der Waals surface area contributed by atoms with Crippen molar-refractivity contribution in [2.24, 2.45) is 11.8 Å². The van der Waals surface area contributed by atoms with Crippen LogP contribution in [0.15, 0.2) is 60.0 Å². The number of hydrogen-bond acceptors (Lipinski definition) is 3. The van der Waals surface area contributed by atoms with Gasteiger partial charge in [-0.1, -0.05) is 56.3 Å². The Kier molecular flexibility index (Phi) is 7.62. The molecule has 1 fully saturated rings. The summed E-state index contributed by atoms with van der Waals surface area (Å²) in [6.07, 6.45) is 2.53. The van der Waals surface area contributed by atoms with Crippen LogP contribution in [0.25, 0.3) is 6.08 Å². The Morgan fingerprint density at radius 1 is 1.06 bits per heavy atom. The standard InChI is InChI=1S/C24H29FN2O3S/c1-18(2)23(20-8-10-22(25)11-9-20)26-24(28)21-12-15-27(16-13-21)31(29,30)17-14-19-6-4-3-5-7-19/h3-11,14,17-18,21,23H,12-13,15-16H2,1-2H3,(H,26,28). The molecule has 2 aromatic carbocycles. The molecule has 1 heterocycles. The number of benzene rings is 2. The van der Waals surface area contributed by atoms with Crippen LogP contribution >= 0.6 is 0 Å². The van der Waals surface area contributed by atoms with Crippen molar-refractivity contribution in [3.63, 3.8) is 0 Å². The average molecular weight is 445 g/mol. The second-order valence-electron chi connectivity index (χ2n) is 8.21. The normalized spacial score (nSPS) is 17.2. The van der Waals surface area contributed by atoms with Crippen molar-refractivity contribution in [3.05, 3.63) is 76.9 Å². The second kappa shape index (κ2) is 10.2. The van der Waals surface area contributed by atoms with Crippen LogP contribution < -0.4 is 5.32 Å². The molecule has 0 saturated carbocycles. The van der Waals surface area contributed by atoms with Crippen LogP contribution in [0.3, 0.4) is 0 Å². The molecule has 0 bridgehead atoms. The van der Waals surface area contributed by atoms with E-state index in [0.717, 1.165) is 11.1 Å². The van der Waals surface area contributed by atoms with E-state index in [1.807, 2.05) is 44.2 Å². The number of amides is 1. The molecule has 1 saturated heterocycles. The summed E-state index contributed by atoms with van der Waals surface area (Å²) in [5, 5.41) is 4.31. The summed E-state index contributed by atoms with van der Waals surface area (Å²) in [6, 6.07) is 15.2. The Bertz CT molecular complexity index is 997. The van der Waals surface area contributed by atoms with E-state index in [-0.39, 0.29) is 29.6 Å². The summed E-state index contributed by atoms with van der Waals surface area (Å²) in [5.41, 5.74) is 1.68. The van der Waals surface area contributed by atoms with Crippen LogP contribution in [0.2, 0.25) is 0 Å². The molecule has 3 rings (SSSR count). The molecule has 5 nitrogen and oxygen atoms in total. The van der Waals surface area contributed by atoms with Gasteiger partial charge in [0, 0.05) is 24.4 Å². The van der Waals surface area contributed by atoms with Crippen molar-refractivity contribution in [1.82, 2.24) is 9.62 Å². The third-order valence-electron chi connectivity index (χ3n) is 5.61. The maximum Gasteiger partial charge on any atom is 0.236 e. The number of sulfonamides is 1. The van der Waals surface area contributed by atoms with E-state index < -0.39 is 10.0 Å². The number of piperidine rings is 1. The lowest BCUT2D eigenvalue weighted by Gasteiger charge is -2.31. The smallest absolute Gasteiger partial charge is 0.236 e. The highest BCUT2D eigenvalue weighted by Crippen LogP contribution is 2.25. The molecule has 166 valence electrons. The van der Waals surface area contributed by atoms with E-state index >= 15 is 0 Å². The fraction of sp³-hybridized carbons (Fsp3) is 0.375. The van der Waals surface area contributed by atoms with Gasteiger partial charge in [0.2, 0.25) is 15.9 Å². The van der Waals surface area contributed by atoms with Crippen molar-refractivity contribution in [1.29, 1.82) is 0 Å². The topological polar surface area (TPSA) is 66.5 Å². The van der Waals surface area contributed by atoms with Crippen LogP contribution in [0.5, 0.6) is 0 Å². The Hall–Kier alpha value is -2.51. The maximum absolute atomic E-state index is 13.2.